The summed E-state index contributed by atoms with van der Waals surface area (Å²) in [5, 5.41) is 3.35. The molecule has 1 unspecified atom stereocenters. The van der Waals surface area contributed by atoms with Crippen LogP contribution in [0.3, 0.4) is 0 Å². The monoisotopic (exact) mass is 355 g/mol. The molecule has 1 rings (SSSR count). The minimum atomic E-state index is 0. The van der Waals surface area contributed by atoms with Gasteiger partial charge in [0.25, 0.3) is 0 Å². The van der Waals surface area contributed by atoms with Crippen LogP contribution in [0, 0.1) is 5.92 Å². The lowest BCUT2D eigenvalue weighted by Crippen LogP contribution is -2.46. The summed E-state index contributed by atoms with van der Waals surface area (Å²) in [6, 6.07) is 0. The maximum absolute atomic E-state index is 5.30. The molecule has 1 aliphatic heterocycles. The quantitative estimate of drug-likeness (QED) is 0.363. The molecule has 1 fully saturated rings. The van der Waals surface area contributed by atoms with Crippen molar-refractivity contribution >= 4 is 29.9 Å². The summed E-state index contributed by atoms with van der Waals surface area (Å²) in [5.74, 6) is 1.80. The summed E-state index contributed by atoms with van der Waals surface area (Å²) < 4.78 is 5.30. The number of likely N-dealkylation sites (tertiary alicyclic amines) is 1. The first-order valence-electron chi connectivity index (χ1n) is 6.31. The highest BCUT2D eigenvalue weighted by Gasteiger charge is 2.18. The molecule has 1 heterocycles. The van der Waals surface area contributed by atoms with Crippen LogP contribution in [0.2, 0.25) is 0 Å². The zero-order valence-corrected chi connectivity index (χ0v) is 13.6. The van der Waals surface area contributed by atoms with Crippen LogP contribution in [0.4, 0.5) is 0 Å². The van der Waals surface area contributed by atoms with Crippen molar-refractivity contribution in [1.29, 1.82) is 0 Å². The summed E-state index contributed by atoms with van der Waals surface area (Å²) in [4.78, 5) is 6.67. The predicted molar refractivity (Wildman–Crippen MR) is 83.2 cm³/mol. The van der Waals surface area contributed by atoms with E-state index < -0.39 is 0 Å². The van der Waals surface area contributed by atoms with Gasteiger partial charge in [-0.2, -0.15) is 0 Å². The van der Waals surface area contributed by atoms with Crippen LogP contribution in [0.1, 0.15) is 26.7 Å². The van der Waals surface area contributed by atoms with Gasteiger partial charge in [-0.25, -0.2) is 0 Å². The average Bonchev–Trinajstić information content (AvgIpc) is 2.29. The molecule has 1 N–H and O–H groups in total. The molecule has 0 amide bonds. The lowest BCUT2D eigenvalue weighted by molar-refractivity contribution is 0.151. The highest BCUT2D eigenvalue weighted by Crippen LogP contribution is 2.15. The lowest BCUT2D eigenvalue weighted by atomic mass is 10.0. The van der Waals surface area contributed by atoms with Crippen molar-refractivity contribution in [2.24, 2.45) is 10.9 Å². The molecule has 0 spiro atoms. The smallest absolute Gasteiger partial charge is 0.193 e. The van der Waals surface area contributed by atoms with Gasteiger partial charge in [0.2, 0.25) is 0 Å². The van der Waals surface area contributed by atoms with E-state index in [4.69, 9.17) is 4.74 Å². The molecule has 0 aromatic carbocycles. The number of aliphatic imine (C=N–C) groups is 1. The van der Waals surface area contributed by atoms with Crippen molar-refractivity contribution in [3.63, 3.8) is 0 Å². The molecule has 0 aromatic heterocycles. The second-order valence-electron chi connectivity index (χ2n) is 4.36. The molecule has 0 bridgehead atoms. The molecule has 0 aliphatic carbocycles. The maximum atomic E-state index is 5.30. The molecule has 1 atom stereocenters. The third-order valence-corrected chi connectivity index (χ3v) is 2.90. The standard InChI is InChI=1S/C12H25N3O.HI/c1-4-16-9-7-14-12(13-3)15-8-5-6-11(2)10-15;/h11H,4-10H2,1-3H3,(H,13,14);1H. The van der Waals surface area contributed by atoms with E-state index in [9.17, 15) is 0 Å². The largest absolute Gasteiger partial charge is 0.380 e. The number of hydrogen-bond donors (Lipinski definition) is 1. The number of guanidine groups is 1. The van der Waals surface area contributed by atoms with Crippen molar-refractivity contribution in [2.45, 2.75) is 26.7 Å². The highest BCUT2D eigenvalue weighted by molar-refractivity contribution is 14.0. The molecule has 102 valence electrons. The fourth-order valence-corrected chi connectivity index (χ4v) is 2.09. The Morgan fingerprint density at radius 1 is 1.53 bits per heavy atom. The second-order valence-corrected chi connectivity index (χ2v) is 4.36. The van der Waals surface area contributed by atoms with E-state index in [1.165, 1.54) is 12.8 Å². The number of nitrogens with one attached hydrogen (secondary N) is 1. The summed E-state index contributed by atoms with van der Waals surface area (Å²) in [5.41, 5.74) is 0. The minimum Gasteiger partial charge on any atom is -0.380 e. The Labute approximate surface area is 122 Å². The average molecular weight is 355 g/mol. The summed E-state index contributed by atoms with van der Waals surface area (Å²) in [6.45, 7) is 8.93. The minimum absolute atomic E-state index is 0. The Bertz CT molecular complexity index is 224. The number of piperidine rings is 1. The first kappa shape index (κ1) is 17.0. The normalized spacial score (nSPS) is 21.0. The van der Waals surface area contributed by atoms with Gasteiger partial charge < -0.3 is 15.0 Å². The molecule has 0 aromatic rings. The van der Waals surface area contributed by atoms with Crippen molar-refractivity contribution in [3.05, 3.63) is 0 Å². The Hall–Kier alpha value is -0.0400. The van der Waals surface area contributed by atoms with Crippen LogP contribution < -0.4 is 5.32 Å². The number of nitrogens with zero attached hydrogens (tertiary/aromatic N) is 2. The van der Waals surface area contributed by atoms with Gasteiger partial charge in [-0.1, -0.05) is 6.92 Å². The third kappa shape index (κ3) is 6.45. The van der Waals surface area contributed by atoms with E-state index in [0.29, 0.717) is 0 Å². The van der Waals surface area contributed by atoms with Crippen molar-refractivity contribution < 1.29 is 4.74 Å². The van der Waals surface area contributed by atoms with Gasteiger partial charge in [-0.05, 0) is 25.7 Å². The Morgan fingerprint density at radius 2 is 2.29 bits per heavy atom. The molecule has 5 heteroatoms. The first-order valence-corrected chi connectivity index (χ1v) is 6.31. The molecular formula is C12H26IN3O. The molecule has 4 nitrogen and oxygen atoms in total. The number of ether oxygens (including phenoxy) is 1. The first-order chi connectivity index (χ1) is 7.77. The van der Waals surface area contributed by atoms with E-state index in [2.05, 4.69) is 22.1 Å². The van der Waals surface area contributed by atoms with Gasteiger partial charge >= 0.3 is 0 Å². The fourth-order valence-electron chi connectivity index (χ4n) is 2.09. The van der Waals surface area contributed by atoms with E-state index in [-0.39, 0.29) is 24.0 Å². The Kier molecular flexibility index (Phi) is 9.91. The molecule has 1 aliphatic rings. The van der Waals surface area contributed by atoms with Gasteiger partial charge in [0.05, 0.1) is 6.61 Å². The van der Waals surface area contributed by atoms with Crippen molar-refractivity contribution in [1.82, 2.24) is 10.2 Å². The van der Waals surface area contributed by atoms with Crippen molar-refractivity contribution in [2.75, 3.05) is 39.9 Å². The van der Waals surface area contributed by atoms with Crippen LogP contribution in [0.15, 0.2) is 4.99 Å². The van der Waals surface area contributed by atoms with Crippen molar-refractivity contribution in [3.8, 4) is 0 Å². The molecule has 0 radical (unpaired) electrons. The summed E-state index contributed by atoms with van der Waals surface area (Å²) >= 11 is 0. The SMILES string of the molecule is CCOCCNC(=NC)N1CCCC(C)C1.I. The number of rotatable bonds is 4. The van der Waals surface area contributed by atoms with E-state index in [1.54, 1.807) is 0 Å². The molecular weight excluding hydrogens is 329 g/mol. The predicted octanol–water partition coefficient (Wildman–Crippen LogP) is 1.95. The maximum Gasteiger partial charge on any atom is 0.193 e. The number of hydrogen-bond acceptors (Lipinski definition) is 2. The van der Waals surface area contributed by atoms with Crippen LogP contribution in [-0.2, 0) is 4.74 Å². The van der Waals surface area contributed by atoms with Gasteiger partial charge in [-0.3, -0.25) is 4.99 Å². The lowest BCUT2D eigenvalue weighted by Gasteiger charge is -2.33. The zero-order valence-electron chi connectivity index (χ0n) is 11.2. The van der Waals surface area contributed by atoms with E-state index >= 15 is 0 Å². The van der Waals surface area contributed by atoms with Gasteiger partial charge in [0.1, 0.15) is 0 Å². The third-order valence-electron chi connectivity index (χ3n) is 2.90. The zero-order chi connectivity index (χ0) is 11.8. The summed E-state index contributed by atoms with van der Waals surface area (Å²) in [6.07, 6.45) is 2.61. The van der Waals surface area contributed by atoms with Gasteiger partial charge in [0.15, 0.2) is 5.96 Å². The highest BCUT2D eigenvalue weighted by atomic mass is 127. The number of halogens is 1. The topological polar surface area (TPSA) is 36.9 Å². The van der Waals surface area contributed by atoms with E-state index in [0.717, 1.165) is 44.7 Å². The molecule has 17 heavy (non-hydrogen) atoms. The van der Waals surface area contributed by atoms with Gasteiger partial charge in [-0.15, -0.1) is 24.0 Å². The summed E-state index contributed by atoms with van der Waals surface area (Å²) in [7, 11) is 1.85. The van der Waals surface area contributed by atoms with Crippen LogP contribution >= 0.6 is 24.0 Å². The van der Waals surface area contributed by atoms with E-state index in [1.807, 2.05) is 14.0 Å². The Morgan fingerprint density at radius 3 is 2.88 bits per heavy atom. The van der Waals surface area contributed by atoms with Crippen LogP contribution in [0.25, 0.3) is 0 Å². The fraction of sp³-hybridized carbons (Fsp3) is 0.917. The molecule has 1 saturated heterocycles. The van der Waals surface area contributed by atoms with Crippen LogP contribution in [-0.4, -0.2) is 50.8 Å². The second kappa shape index (κ2) is 9.94. The van der Waals surface area contributed by atoms with Gasteiger partial charge in [0, 0.05) is 33.3 Å². The molecule has 0 saturated carbocycles. The Balaban J connectivity index is 0.00000256. The van der Waals surface area contributed by atoms with Crippen LogP contribution in [0.5, 0.6) is 0 Å².